The minimum Gasteiger partial charge on any atom is -0.455 e. The predicted molar refractivity (Wildman–Crippen MR) is 84.6 cm³/mol. The molecule has 0 atom stereocenters. The molecule has 0 aromatic heterocycles. The molecule has 0 saturated carbocycles. The Labute approximate surface area is 125 Å². The molecule has 5 heteroatoms. The van der Waals surface area contributed by atoms with E-state index in [1.165, 1.54) is 17.7 Å². The summed E-state index contributed by atoms with van der Waals surface area (Å²) in [6.45, 7) is 4.21. The number of nitrogens with two attached hydrogens (primary N) is 1. The first kappa shape index (κ1) is 15.4. The minimum absolute atomic E-state index is 0.184. The van der Waals surface area contributed by atoms with Gasteiger partial charge in [0.15, 0.2) is 9.84 Å². The molecule has 0 fully saturated rings. The normalized spacial score (nSPS) is 11.6. The van der Waals surface area contributed by atoms with Crippen LogP contribution in [0.4, 0.5) is 5.69 Å². The van der Waals surface area contributed by atoms with Gasteiger partial charge in [-0.25, -0.2) is 8.42 Å². The van der Waals surface area contributed by atoms with Gasteiger partial charge in [0.05, 0.1) is 10.6 Å². The molecule has 0 amide bonds. The number of rotatable bonds is 4. The van der Waals surface area contributed by atoms with Crippen molar-refractivity contribution in [2.45, 2.75) is 24.7 Å². The molecule has 21 heavy (non-hydrogen) atoms. The summed E-state index contributed by atoms with van der Waals surface area (Å²) in [6, 6.07) is 12.2. The number of anilines is 1. The van der Waals surface area contributed by atoms with Crippen molar-refractivity contribution in [3.05, 3.63) is 48.0 Å². The Bertz CT molecular complexity index is 752. The van der Waals surface area contributed by atoms with Crippen LogP contribution >= 0.6 is 0 Å². The van der Waals surface area contributed by atoms with Gasteiger partial charge in [0.1, 0.15) is 11.5 Å². The average molecular weight is 305 g/mol. The van der Waals surface area contributed by atoms with E-state index in [1.54, 1.807) is 6.07 Å². The lowest BCUT2D eigenvalue weighted by molar-refractivity contribution is 0.483. The second-order valence-electron chi connectivity index (χ2n) is 5.30. The zero-order valence-corrected chi connectivity index (χ0v) is 13.1. The van der Waals surface area contributed by atoms with Crippen LogP contribution in [-0.4, -0.2) is 14.7 Å². The standard InChI is InChI=1S/C16H19NO3S/c1-11(2)12-5-4-6-13(9-12)20-16-8-7-14(10-15(16)17)21(3,18)19/h4-11H,17H2,1-3H3. The third-order valence-corrected chi connectivity index (χ3v) is 4.27. The van der Waals surface area contributed by atoms with Gasteiger partial charge in [-0.2, -0.15) is 0 Å². The largest absolute Gasteiger partial charge is 0.455 e. The monoisotopic (exact) mass is 305 g/mol. The van der Waals surface area contributed by atoms with Gasteiger partial charge < -0.3 is 10.5 Å². The number of hydrogen-bond donors (Lipinski definition) is 1. The Morgan fingerprint density at radius 3 is 2.38 bits per heavy atom. The minimum atomic E-state index is -3.27. The summed E-state index contributed by atoms with van der Waals surface area (Å²) in [5.74, 6) is 1.53. The van der Waals surface area contributed by atoms with Crippen LogP contribution in [0, 0.1) is 0 Å². The zero-order chi connectivity index (χ0) is 15.6. The quantitative estimate of drug-likeness (QED) is 0.876. The third-order valence-electron chi connectivity index (χ3n) is 3.16. The molecule has 0 aliphatic heterocycles. The van der Waals surface area contributed by atoms with Crippen molar-refractivity contribution in [3.63, 3.8) is 0 Å². The van der Waals surface area contributed by atoms with Crippen LogP contribution in [0.1, 0.15) is 25.3 Å². The molecule has 2 aromatic carbocycles. The Balaban J connectivity index is 2.30. The fraction of sp³-hybridized carbons (Fsp3) is 0.250. The second-order valence-corrected chi connectivity index (χ2v) is 7.32. The van der Waals surface area contributed by atoms with Gasteiger partial charge in [0.2, 0.25) is 0 Å². The summed E-state index contributed by atoms with van der Waals surface area (Å²) >= 11 is 0. The van der Waals surface area contributed by atoms with E-state index in [0.29, 0.717) is 23.1 Å². The van der Waals surface area contributed by atoms with E-state index in [4.69, 9.17) is 10.5 Å². The number of ether oxygens (including phenoxy) is 1. The first-order valence-corrected chi connectivity index (χ1v) is 8.54. The van der Waals surface area contributed by atoms with Crippen LogP contribution in [0.2, 0.25) is 0 Å². The van der Waals surface area contributed by atoms with Crippen LogP contribution in [0.5, 0.6) is 11.5 Å². The molecule has 0 radical (unpaired) electrons. The molecule has 2 rings (SSSR count). The maximum Gasteiger partial charge on any atom is 0.175 e. The third kappa shape index (κ3) is 3.76. The lowest BCUT2D eigenvalue weighted by Crippen LogP contribution is -2.00. The van der Waals surface area contributed by atoms with E-state index in [2.05, 4.69) is 13.8 Å². The average Bonchev–Trinajstić information content (AvgIpc) is 2.40. The molecule has 4 nitrogen and oxygen atoms in total. The molecule has 0 heterocycles. The zero-order valence-electron chi connectivity index (χ0n) is 12.3. The van der Waals surface area contributed by atoms with Crippen LogP contribution in [0.3, 0.4) is 0 Å². The van der Waals surface area contributed by atoms with E-state index in [1.807, 2.05) is 24.3 Å². The van der Waals surface area contributed by atoms with Crippen LogP contribution in [0.15, 0.2) is 47.4 Å². The van der Waals surface area contributed by atoms with Crippen LogP contribution in [-0.2, 0) is 9.84 Å². The van der Waals surface area contributed by atoms with Gasteiger partial charge in [-0.05, 0) is 41.8 Å². The van der Waals surface area contributed by atoms with Crippen molar-refractivity contribution < 1.29 is 13.2 Å². The van der Waals surface area contributed by atoms with E-state index in [-0.39, 0.29) is 4.90 Å². The lowest BCUT2D eigenvalue weighted by atomic mass is 10.0. The Morgan fingerprint density at radius 2 is 1.81 bits per heavy atom. The highest BCUT2D eigenvalue weighted by molar-refractivity contribution is 7.90. The number of nitrogen functional groups attached to an aromatic ring is 1. The molecule has 0 saturated heterocycles. The Hall–Kier alpha value is -2.01. The topological polar surface area (TPSA) is 69.4 Å². The van der Waals surface area contributed by atoms with Crippen molar-refractivity contribution in [1.29, 1.82) is 0 Å². The molecule has 0 aliphatic rings. The van der Waals surface area contributed by atoms with Crippen LogP contribution in [0.25, 0.3) is 0 Å². The SMILES string of the molecule is CC(C)c1cccc(Oc2ccc(S(C)(=O)=O)cc2N)c1. The van der Waals surface area contributed by atoms with Gasteiger partial charge in [0, 0.05) is 6.26 Å². The predicted octanol–water partition coefficient (Wildman–Crippen LogP) is 3.59. The van der Waals surface area contributed by atoms with Gasteiger partial charge in [-0.3, -0.25) is 0 Å². The first-order valence-electron chi connectivity index (χ1n) is 6.65. The molecule has 2 N–H and O–H groups in total. The molecular formula is C16H19NO3S. The highest BCUT2D eigenvalue weighted by Crippen LogP contribution is 2.30. The van der Waals surface area contributed by atoms with Crippen molar-refractivity contribution >= 4 is 15.5 Å². The fourth-order valence-electron chi connectivity index (χ4n) is 1.91. The molecule has 0 spiro atoms. The van der Waals surface area contributed by atoms with Gasteiger partial charge in [-0.1, -0.05) is 26.0 Å². The maximum atomic E-state index is 11.5. The number of benzene rings is 2. The maximum absolute atomic E-state index is 11.5. The fourth-order valence-corrected chi connectivity index (χ4v) is 2.57. The molecule has 2 aromatic rings. The summed E-state index contributed by atoms with van der Waals surface area (Å²) in [6.07, 6.45) is 1.15. The number of sulfone groups is 1. The van der Waals surface area contributed by atoms with Crippen molar-refractivity contribution in [2.24, 2.45) is 0 Å². The van der Waals surface area contributed by atoms with E-state index in [9.17, 15) is 8.42 Å². The summed E-state index contributed by atoms with van der Waals surface area (Å²) in [5.41, 5.74) is 7.34. The van der Waals surface area contributed by atoms with Crippen LogP contribution < -0.4 is 10.5 Å². The molecule has 0 unspecified atom stereocenters. The Kier molecular flexibility index (Phi) is 4.23. The summed E-state index contributed by atoms with van der Waals surface area (Å²) in [5, 5.41) is 0. The van der Waals surface area contributed by atoms with Gasteiger partial charge in [-0.15, -0.1) is 0 Å². The van der Waals surface area contributed by atoms with E-state index >= 15 is 0 Å². The van der Waals surface area contributed by atoms with Gasteiger partial charge in [0.25, 0.3) is 0 Å². The smallest absolute Gasteiger partial charge is 0.175 e. The Morgan fingerprint density at radius 1 is 1.10 bits per heavy atom. The van der Waals surface area contributed by atoms with E-state index < -0.39 is 9.84 Å². The molecule has 0 bridgehead atoms. The lowest BCUT2D eigenvalue weighted by Gasteiger charge is -2.12. The van der Waals surface area contributed by atoms with Crippen molar-refractivity contribution in [3.8, 4) is 11.5 Å². The highest BCUT2D eigenvalue weighted by Gasteiger charge is 2.11. The second kappa shape index (κ2) is 5.77. The number of hydrogen-bond acceptors (Lipinski definition) is 4. The summed E-state index contributed by atoms with van der Waals surface area (Å²) in [4.78, 5) is 0.184. The molecule has 0 aliphatic carbocycles. The summed E-state index contributed by atoms with van der Waals surface area (Å²) < 4.78 is 28.7. The van der Waals surface area contributed by atoms with Crippen molar-refractivity contribution in [1.82, 2.24) is 0 Å². The molecule has 112 valence electrons. The highest BCUT2D eigenvalue weighted by atomic mass is 32.2. The van der Waals surface area contributed by atoms with Crippen molar-refractivity contribution in [2.75, 3.05) is 12.0 Å². The van der Waals surface area contributed by atoms with Gasteiger partial charge >= 0.3 is 0 Å². The first-order chi connectivity index (χ1) is 9.77. The van der Waals surface area contributed by atoms with E-state index in [0.717, 1.165) is 6.26 Å². The molecular weight excluding hydrogens is 286 g/mol. The summed E-state index contributed by atoms with van der Waals surface area (Å²) in [7, 11) is -3.27.